The summed E-state index contributed by atoms with van der Waals surface area (Å²) in [6, 6.07) is 0.755. The lowest BCUT2D eigenvalue weighted by atomic mass is 10.2. The molecule has 7 heteroatoms. The monoisotopic (exact) mass is 261 g/mol. The number of ether oxygens (including phenoxy) is 1. The predicted octanol–water partition coefficient (Wildman–Crippen LogP) is 1.40. The average Bonchev–Trinajstić information content (AvgIpc) is 2.25. The van der Waals surface area contributed by atoms with Crippen LogP contribution in [0.1, 0.15) is 17.3 Å². The molecule has 0 bridgehead atoms. The lowest BCUT2D eigenvalue weighted by Gasteiger charge is -2.06. The minimum Gasteiger partial charge on any atom is -0.465 e. The van der Waals surface area contributed by atoms with E-state index < -0.39 is 41.4 Å². The van der Waals surface area contributed by atoms with E-state index in [0.717, 1.165) is 0 Å². The third kappa shape index (κ3) is 3.47. The Hall–Kier alpha value is -2.05. The van der Waals surface area contributed by atoms with Crippen molar-refractivity contribution < 1.29 is 27.5 Å². The molecule has 0 spiro atoms. The Morgan fingerprint density at radius 2 is 1.78 bits per heavy atom. The fourth-order valence-electron chi connectivity index (χ4n) is 1.21. The smallest absolute Gasteiger partial charge is 0.325 e. The molecule has 0 aliphatic rings. The minimum atomic E-state index is -1.34. The highest BCUT2D eigenvalue weighted by Gasteiger charge is 2.19. The van der Waals surface area contributed by atoms with Crippen molar-refractivity contribution in [1.82, 2.24) is 5.32 Å². The first-order chi connectivity index (χ1) is 8.45. The molecular formula is C11H10F3NO3. The summed E-state index contributed by atoms with van der Waals surface area (Å²) in [6.45, 7) is 1.16. The Kier molecular flexibility index (Phi) is 4.70. The van der Waals surface area contributed by atoms with Gasteiger partial charge in [0, 0.05) is 12.1 Å². The Labute approximate surface area is 101 Å². The normalized spacial score (nSPS) is 10.0. The first-order valence-corrected chi connectivity index (χ1v) is 5.04. The first-order valence-electron chi connectivity index (χ1n) is 5.04. The maximum absolute atomic E-state index is 13.2. The van der Waals surface area contributed by atoms with E-state index in [1.165, 1.54) is 0 Å². The molecule has 0 saturated carbocycles. The number of hydrogen-bond donors (Lipinski definition) is 1. The Balaban J connectivity index is 2.76. The minimum absolute atomic E-state index is 0.119. The van der Waals surface area contributed by atoms with Gasteiger partial charge in [-0.2, -0.15) is 0 Å². The second-order valence-electron chi connectivity index (χ2n) is 3.23. The van der Waals surface area contributed by atoms with Gasteiger partial charge in [-0.3, -0.25) is 9.59 Å². The molecule has 98 valence electrons. The lowest BCUT2D eigenvalue weighted by Crippen LogP contribution is -2.31. The van der Waals surface area contributed by atoms with Gasteiger partial charge in [0.05, 0.1) is 6.61 Å². The molecule has 0 radical (unpaired) electrons. The molecule has 1 aromatic rings. The number of halogens is 3. The van der Waals surface area contributed by atoms with E-state index in [-0.39, 0.29) is 6.61 Å². The van der Waals surface area contributed by atoms with Crippen LogP contribution in [0.3, 0.4) is 0 Å². The van der Waals surface area contributed by atoms with Crippen LogP contribution in [0.2, 0.25) is 0 Å². The standard InChI is InChI=1S/C11H10F3NO3/c1-2-18-9(16)5-15-11(17)10-7(13)3-6(12)4-8(10)14/h3-4H,2,5H2,1H3,(H,15,17). The summed E-state index contributed by atoms with van der Waals surface area (Å²) in [5, 5.41) is 1.97. The molecule has 18 heavy (non-hydrogen) atoms. The number of carbonyl (C=O) groups is 2. The van der Waals surface area contributed by atoms with E-state index in [0.29, 0.717) is 12.1 Å². The van der Waals surface area contributed by atoms with Crippen molar-refractivity contribution in [1.29, 1.82) is 0 Å². The Morgan fingerprint density at radius 3 is 2.28 bits per heavy atom. The van der Waals surface area contributed by atoms with Crippen molar-refractivity contribution in [2.24, 2.45) is 0 Å². The molecule has 0 aliphatic carbocycles. The fourth-order valence-corrected chi connectivity index (χ4v) is 1.21. The van der Waals surface area contributed by atoms with Crippen molar-refractivity contribution in [3.8, 4) is 0 Å². The molecule has 4 nitrogen and oxygen atoms in total. The van der Waals surface area contributed by atoms with Gasteiger partial charge >= 0.3 is 5.97 Å². The summed E-state index contributed by atoms with van der Waals surface area (Å²) in [4.78, 5) is 22.3. The lowest BCUT2D eigenvalue weighted by molar-refractivity contribution is -0.141. The second kappa shape index (κ2) is 6.04. The maximum Gasteiger partial charge on any atom is 0.325 e. The zero-order valence-corrected chi connectivity index (χ0v) is 9.43. The first kappa shape index (κ1) is 14.0. The largest absolute Gasteiger partial charge is 0.465 e. The number of benzene rings is 1. The van der Waals surface area contributed by atoms with E-state index >= 15 is 0 Å². The van der Waals surface area contributed by atoms with Gasteiger partial charge in [-0.05, 0) is 6.92 Å². The molecule has 0 aliphatic heterocycles. The molecule has 0 aromatic heterocycles. The quantitative estimate of drug-likeness (QED) is 0.833. The van der Waals surface area contributed by atoms with Crippen LogP contribution in [-0.4, -0.2) is 25.0 Å². The van der Waals surface area contributed by atoms with E-state index in [1.807, 2.05) is 5.32 Å². The van der Waals surface area contributed by atoms with Crippen molar-refractivity contribution in [2.45, 2.75) is 6.92 Å². The highest BCUT2D eigenvalue weighted by molar-refractivity contribution is 5.96. The third-order valence-electron chi connectivity index (χ3n) is 1.93. The van der Waals surface area contributed by atoms with Gasteiger partial charge in [0.1, 0.15) is 29.6 Å². The average molecular weight is 261 g/mol. The molecule has 0 atom stereocenters. The number of amides is 1. The van der Waals surface area contributed by atoms with Gasteiger partial charge in [-0.15, -0.1) is 0 Å². The second-order valence-corrected chi connectivity index (χ2v) is 3.23. The Morgan fingerprint density at radius 1 is 1.22 bits per heavy atom. The summed E-state index contributed by atoms with van der Waals surface area (Å²) in [7, 11) is 0. The molecular weight excluding hydrogens is 251 g/mol. The number of rotatable bonds is 4. The van der Waals surface area contributed by atoms with Gasteiger partial charge < -0.3 is 10.1 Å². The molecule has 1 N–H and O–H groups in total. The van der Waals surface area contributed by atoms with E-state index in [9.17, 15) is 22.8 Å². The predicted molar refractivity (Wildman–Crippen MR) is 55.3 cm³/mol. The fraction of sp³-hybridized carbons (Fsp3) is 0.273. The number of carbonyl (C=O) groups excluding carboxylic acids is 2. The van der Waals surface area contributed by atoms with Crippen LogP contribution in [0, 0.1) is 17.5 Å². The van der Waals surface area contributed by atoms with Crippen LogP contribution in [0.25, 0.3) is 0 Å². The van der Waals surface area contributed by atoms with Crippen LogP contribution in [0.5, 0.6) is 0 Å². The molecule has 0 heterocycles. The summed E-state index contributed by atoms with van der Waals surface area (Å²) in [5.74, 6) is -5.71. The molecule has 1 amide bonds. The van der Waals surface area contributed by atoms with Gasteiger partial charge in [0.15, 0.2) is 0 Å². The van der Waals surface area contributed by atoms with Crippen molar-refractivity contribution in [2.75, 3.05) is 13.2 Å². The number of nitrogens with one attached hydrogen (secondary N) is 1. The van der Waals surface area contributed by atoms with Crippen molar-refractivity contribution >= 4 is 11.9 Å². The highest BCUT2D eigenvalue weighted by Crippen LogP contribution is 2.14. The van der Waals surface area contributed by atoms with Gasteiger partial charge in [0.25, 0.3) is 5.91 Å². The van der Waals surface area contributed by atoms with Crippen LogP contribution < -0.4 is 5.32 Å². The van der Waals surface area contributed by atoms with E-state index in [1.54, 1.807) is 6.92 Å². The van der Waals surface area contributed by atoms with Gasteiger partial charge in [-0.1, -0.05) is 0 Å². The third-order valence-corrected chi connectivity index (χ3v) is 1.93. The zero-order valence-electron chi connectivity index (χ0n) is 9.43. The summed E-state index contributed by atoms with van der Waals surface area (Å²) in [5.41, 5.74) is -0.944. The molecule has 1 aromatic carbocycles. The molecule has 0 saturated heterocycles. The van der Waals surface area contributed by atoms with Crippen LogP contribution in [0.4, 0.5) is 13.2 Å². The Bertz CT molecular complexity index is 454. The summed E-state index contributed by atoms with van der Waals surface area (Å²) >= 11 is 0. The van der Waals surface area contributed by atoms with Crippen molar-refractivity contribution in [3.63, 3.8) is 0 Å². The van der Waals surface area contributed by atoms with E-state index in [2.05, 4.69) is 4.74 Å². The van der Waals surface area contributed by atoms with E-state index in [4.69, 9.17) is 0 Å². The molecule has 0 fully saturated rings. The van der Waals surface area contributed by atoms with Crippen LogP contribution in [-0.2, 0) is 9.53 Å². The van der Waals surface area contributed by atoms with Gasteiger partial charge in [-0.25, -0.2) is 13.2 Å². The number of hydrogen-bond acceptors (Lipinski definition) is 3. The number of esters is 1. The molecule has 1 rings (SSSR count). The zero-order chi connectivity index (χ0) is 13.7. The van der Waals surface area contributed by atoms with Gasteiger partial charge in [0.2, 0.25) is 0 Å². The maximum atomic E-state index is 13.2. The summed E-state index contributed by atoms with van der Waals surface area (Å²) < 4.78 is 43.5. The highest BCUT2D eigenvalue weighted by atomic mass is 19.1. The van der Waals surface area contributed by atoms with Crippen LogP contribution >= 0.6 is 0 Å². The topological polar surface area (TPSA) is 55.4 Å². The van der Waals surface area contributed by atoms with Crippen molar-refractivity contribution in [3.05, 3.63) is 35.1 Å². The van der Waals surface area contributed by atoms with Crippen LogP contribution in [0.15, 0.2) is 12.1 Å². The summed E-state index contributed by atoms with van der Waals surface area (Å²) in [6.07, 6.45) is 0. The molecule has 0 unspecified atom stereocenters. The SMILES string of the molecule is CCOC(=O)CNC(=O)c1c(F)cc(F)cc1F.